The summed E-state index contributed by atoms with van der Waals surface area (Å²) in [6, 6.07) is 9.76. The molecule has 2 aliphatic rings. The van der Waals surface area contributed by atoms with Crippen LogP contribution in [0.3, 0.4) is 0 Å². The highest BCUT2D eigenvalue weighted by molar-refractivity contribution is 7.09. The number of thiazole rings is 1. The summed E-state index contributed by atoms with van der Waals surface area (Å²) in [6.07, 6.45) is 0.855. The Bertz CT molecular complexity index is 740. The van der Waals surface area contributed by atoms with Crippen molar-refractivity contribution >= 4 is 17.4 Å². The van der Waals surface area contributed by atoms with Crippen molar-refractivity contribution in [1.82, 2.24) is 10.3 Å². The average Bonchev–Trinajstić information content (AvgIpc) is 3.10. The minimum atomic E-state index is -0.343. The number of carbonyl (C=O) groups is 1. The Balaban J connectivity index is 0.00000196. The molecule has 0 spiro atoms. The van der Waals surface area contributed by atoms with Gasteiger partial charge in [0.15, 0.2) is 0 Å². The third-order valence-corrected chi connectivity index (χ3v) is 6.71. The van der Waals surface area contributed by atoms with E-state index < -0.39 is 0 Å². The zero-order chi connectivity index (χ0) is 17.3. The smallest absolute Gasteiger partial charge is 0.407 e. The zero-order valence-corrected chi connectivity index (χ0v) is 16.4. The van der Waals surface area contributed by atoms with Crippen molar-refractivity contribution in [2.24, 2.45) is 11.8 Å². The molecule has 2 aromatic rings. The normalized spacial score (nSPS) is 26.3. The van der Waals surface area contributed by atoms with Gasteiger partial charge in [-0.25, -0.2) is 9.78 Å². The number of rotatable bonds is 5. The number of amides is 1. The Morgan fingerprint density at radius 1 is 1.38 bits per heavy atom. The monoisotopic (exact) mass is 393 g/mol. The maximum atomic E-state index is 12.2. The van der Waals surface area contributed by atoms with E-state index in [1.165, 1.54) is 18.0 Å². The lowest BCUT2D eigenvalue weighted by Crippen LogP contribution is -3.00. The van der Waals surface area contributed by atoms with Crippen molar-refractivity contribution in [3.05, 3.63) is 52.0 Å². The van der Waals surface area contributed by atoms with Gasteiger partial charge >= 0.3 is 6.09 Å². The lowest BCUT2D eigenvalue weighted by atomic mass is 10.0. The Morgan fingerprint density at radius 2 is 2.19 bits per heavy atom. The van der Waals surface area contributed by atoms with E-state index in [2.05, 4.69) is 16.0 Å². The summed E-state index contributed by atoms with van der Waals surface area (Å²) in [5, 5.41) is 8.69. The maximum Gasteiger partial charge on any atom is 0.407 e. The first kappa shape index (κ1) is 19.1. The molecule has 140 valence electrons. The summed E-state index contributed by atoms with van der Waals surface area (Å²) in [5.74, 6) is 1.25. The van der Waals surface area contributed by atoms with E-state index in [-0.39, 0.29) is 23.9 Å². The van der Waals surface area contributed by atoms with Crippen LogP contribution < -0.4 is 23.0 Å². The molecule has 26 heavy (non-hydrogen) atoms. The number of piperidine rings is 1. The lowest BCUT2D eigenvalue weighted by Gasteiger charge is -2.16. The zero-order valence-electron chi connectivity index (χ0n) is 14.8. The van der Waals surface area contributed by atoms with Crippen molar-refractivity contribution in [3.63, 3.8) is 0 Å². The summed E-state index contributed by atoms with van der Waals surface area (Å²) in [4.78, 5) is 16.9. The molecule has 0 bridgehead atoms. The number of ether oxygens (including phenoxy) is 1. The standard InChI is InChI=1S/C19H23N3O2S.ClH/c1-13-11-25-17(22-13)19(15-7-8-20-9-16(15)19)12-21-18(23)24-10-14-5-3-2-4-6-14;/h2-6,11,15-16,20H,7-10,12H2,1H3,(H,21,23);1H. The highest BCUT2D eigenvalue weighted by Crippen LogP contribution is 2.61. The molecule has 2 heterocycles. The van der Waals surface area contributed by atoms with Crippen LogP contribution in [0.25, 0.3) is 0 Å². The third-order valence-electron chi connectivity index (χ3n) is 5.56. The number of nitrogens with two attached hydrogens (primary N) is 1. The van der Waals surface area contributed by atoms with Gasteiger partial charge in [-0.15, -0.1) is 11.3 Å². The number of hydrogen-bond acceptors (Lipinski definition) is 4. The molecule has 2 fully saturated rings. The Morgan fingerprint density at radius 3 is 2.85 bits per heavy atom. The van der Waals surface area contributed by atoms with E-state index in [0.717, 1.165) is 17.8 Å². The molecule has 1 aromatic heterocycles. The van der Waals surface area contributed by atoms with Crippen LogP contribution in [0.1, 0.15) is 22.7 Å². The van der Waals surface area contributed by atoms with Gasteiger partial charge in [-0.3, -0.25) is 0 Å². The van der Waals surface area contributed by atoms with Gasteiger partial charge in [0.25, 0.3) is 0 Å². The molecule has 1 aliphatic heterocycles. The maximum absolute atomic E-state index is 12.2. The SMILES string of the molecule is Cc1csc(C2(CNC(=O)OCc3ccccc3)C3CC[NH2+]CC32)n1.[Cl-]. The van der Waals surface area contributed by atoms with Crippen LogP contribution >= 0.6 is 11.3 Å². The second-order valence-electron chi connectivity index (χ2n) is 7.06. The molecular formula is C19H24ClN3O2S. The number of nitrogens with zero attached hydrogens (tertiary/aromatic N) is 1. The molecule has 1 saturated carbocycles. The molecule has 1 saturated heterocycles. The highest BCUT2D eigenvalue weighted by atomic mass is 35.5. The molecule has 5 nitrogen and oxygen atoms in total. The molecule has 3 unspecified atom stereocenters. The third kappa shape index (κ3) is 3.59. The highest BCUT2D eigenvalue weighted by Gasteiger charge is 2.68. The van der Waals surface area contributed by atoms with Crippen molar-refractivity contribution < 1.29 is 27.3 Å². The van der Waals surface area contributed by atoms with Crippen LogP contribution in [0.2, 0.25) is 0 Å². The van der Waals surface area contributed by atoms with Crippen LogP contribution in [0.4, 0.5) is 4.79 Å². The van der Waals surface area contributed by atoms with E-state index in [0.29, 0.717) is 25.0 Å². The van der Waals surface area contributed by atoms with Crippen LogP contribution in [-0.4, -0.2) is 30.7 Å². The summed E-state index contributed by atoms with van der Waals surface area (Å²) < 4.78 is 5.37. The number of carbonyl (C=O) groups excluding carboxylic acids is 1. The number of alkyl carbamates (subject to hydrolysis) is 1. The van der Waals surface area contributed by atoms with Crippen LogP contribution in [-0.2, 0) is 16.8 Å². The summed E-state index contributed by atoms with van der Waals surface area (Å²) in [7, 11) is 0. The summed E-state index contributed by atoms with van der Waals surface area (Å²) in [6.45, 7) is 5.26. The van der Waals surface area contributed by atoms with Gasteiger partial charge in [0.2, 0.25) is 0 Å². The number of aromatic nitrogens is 1. The number of halogens is 1. The number of nitrogens with one attached hydrogen (secondary N) is 1. The van der Waals surface area contributed by atoms with Gasteiger partial charge in [0.05, 0.1) is 18.5 Å². The molecule has 3 atom stereocenters. The molecular weight excluding hydrogens is 370 g/mol. The first-order valence-corrected chi connectivity index (χ1v) is 9.77. The van der Waals surface area contributed by atoms with Crippen LogP contribution in [0.5, 0.6) is 0 Å². The summed E-state index contributed by atoms with van der Waals surface area (Å²) >= 11 is 1.73. The Kier molecular flexibility index (Phi) is 5.85. The van der Waals surface area contributed by atoms with Crippen molar-refractivity contribution in [2.75, 3.05) is 19.6 Å². The topological polar surface area (TPSA) is 67.8 Å². The second kappa shape index (κ2) is 7.94. The van der Waals surface area contributed by atoms with Crippen molar-refractivity contribution in [1.29, 1.82) is 0 Å². The molecule has 0 radical (unpaired) electrons. The van der Waals surface area contributed by atoms with Gasteiger partial charge in [-0.2, -0.15) is 0 Å². The number of hydrogen-bond donors (Lipinski definition) is 2. The molecule has 4 rings (SSSR count). The quantitative estimate of drug-likeness (QED) is 0.673. The van der Waals surface area contributed by atoms with Crippen LogP contribution in [0, 0.1) is 18.8 Å². The Hall–Kier alpha value is -1.63. The summed E-state index contributed by atoms with van der Waals surface area (Å²) in [5.41, 5.74) is 2.08. The van der Waals surface area contributed by atoms with Gasteiger partial charge in [0, 0.05) is 30.0 Å². The number of fused-ring (bicyclic) bond motifs is 1. The predicted molar refractivity (Wildman–Crippen MR) is 96.4 cm³/mol. The van der Waals surface area contributed by atoms with Gasteiger partial charge in [0.1, 0.15) is 11.6 Å². The molecule has 1 aliphatic carbocycles. The van der Waals surface area contributed by atoms with E-state index in [4.69, 9.17) is 9.72 Å². The first-order chi connectivity index (χ1) is 12.2. The fraction of sp³-hybridized carbons (Fsp3) is 0.474. The van der Waals surface area contributed by atoms with Crippen molar-refractivity contribution in [2.45, 2.75) is 25.4 Å². The van der Waals surface area contributed by atoms with E-state index in [1.54, 1.807) is 11.3 Å². The largest absolute Gasteiger partial charge is 1.00 e. The minimum absolute atomic E-state index is 0. The van der Waals surface area contributed by atoms with Crippen molar-refractivity contribution in [3.8, 4) is 0 Å². The number of benzene rings is 1. The molecule has 1 aromatic carbocycles. The first-order valence-electron chi connectivity index (χ1n) is 8.89. The molecule has 3 N–H and O–H groups in total. The number of quaternary nitrogens is 1. The molecule has 7 heteroatoms. The lowest BCUT2D eigenvalue weighted by molar-refractivity contribution is -0.664. The fourth-order valence-electron chi connectivity index (χ4n) is 4.25. The fourth-order valence-corrected chi connectivity index (χ4v) is 5.37. The van der Waals surface area contributed by atoms with Gasteiger partial charge in [-0.1, -0.05) is 30.3 Å². The molecule has 1 amide bonds. The predicted octanol–water partition coefficient (Wildman–Crippen LogP) is -1.17. The average molecular weight is 394 g/mol. The minimum Gasteiger partial charge on any atom is -1.00 e. The van der Waals surface area contributed by atoms with E-state index in [9.17, 15) is 4.79 Å². The van der Waals surface area contributed by atoms with E-state index >= 15 is 0 Å². The van der Waals surface area contributed by atoms with Crippen LogP contribution in [0.15, 0.2) is 35.7 Å². The second-order valence-corrected chi connectivity index (χ2v) is 7.92. The van der Waals surface area contributed by atoms with E-state index in [1.807, 2.05) is 37.3 Å². The Labute approximate surface area is 164 Å². The van der Waals surface area contributed by atoms with Gasteiger partial charge in [-0.05, 0) is 18.4 Å². The van der Waals surface area contributed by atoms with Gasteiger partial charge < -0.3 is 27.8 Å². The number of aryl methyl sites for hydroxylation is 1.